The summed E-state index contributed by atoms with van der Waals surface area (Å²) in [5, 5.41) is 3.13. The normalized spacial score (nSPS) is 27.0. The standard InChI is InChI=1S/C6H12FNO/c7-2-4-9-6-1-3-8-5-6/h6,8H,1-5H2. The van der Waals surface area contributed by atoms with Crippen LogP contribution in [-0.2, 0) is 4.74 Å². The van der Waals surface area contributed by atoms with Gasteiger partial charge in [0.05, 0.1) is 12.7 Å². The van der Waals surface area contributed by atoms with Crippen LogP contribution in [-0.4, -0.2) is 32.5 Å². The Morgan fingerprint density at radius 1 is 1.67 bits per heavy atom. The SMILES string of the molecule is FCCOC1CCNC1. The van der Waals surface area contributed by atoms with E-state index in [2.05, 4.69) is 5.32 Å². The molecule has 0 aromatic carbocycles. The van der Waals surface area contributed by atoms with Gasteiger partial charge in [0.15, 0.2) is 0 Å². The highest BCUT2D eigenvalue weighted by atomic mass is 19.1. The highest BCUT2D eigenvalue weighted by Gasteiger charge is 2.13. The lowest BCUT2D eigenvalue weighted by atomic mass is 10.3. The molecule has 1 heterocycles. The fourth-order valence-corrected chi connectivity index (χ4v) is 0.982. The predicted octanol–water partition coefficient (Wildman–Crippen LogP) is 0.334. The topological polar surface area (TPSA) is 21.3 Å². The van der Waals surface area contributed by atoms with E-state index < -0.39 is 0 Å². The summed E-state index contributed by atoms with van der Waals surface area (Å²) in [4.78, 5) is 0. The van der Waals surface area contributed by atoms with E-state index in [0.29, 0.717) is 0 Å². The van der Waals surface area contributed by atoms with E-state index in [0.717, 1.165) is 19.5 Å². The van der Waals surface area contributed by atoms with Crippen LogP contribution in [0.2, 0.25) is 0 Å². The number of hydrogen-bond acceptors (Lipinski definition) is 2. The third-order valence-electron chi connectivity index (χ3n) is 1.45. The van der Waals surface area contributed by atoms with Crippen molar-refractivity contribution >= 4 is 0 Å². The van der Waals surface area contributed by atoms with Crippen molar-refractivity contribution in [2.75, 3.05) is 26.4 Å². The maximum absolute atomic E-state index is 11.5. The van der Waals surface area contributed by atoms with Gasteiger partial charge >= 0.3 is 0 Å². The molecule has 0 bridgehead atoms. The lowest BCUT2D eigenvalue weighted by Crippen LogP contribution is -2.17. The molecule has 1 aliphatic heterocycles. The fraction of sp³-hybridized carbons (Fsp3) is 1.00. The van der Waals surface area contributed by atoms with Crippen LogP contribution in [0.4, 0.5) is 4.39 Å². The maximum atomic E-state index is 11.5. The highest BCUT2D eigenvalue weighted by molar-refractivity contribution is 4.70. The van der Waals surface area contributed by atoms with E-state index >= 15 is 0 Å². The molecule has 9 heavy (non-hydrogen) atoms. The fourth-order valence-electron chi connectivity index (χ4n) is 0.982. The number of nitrogens with one attached hydrogen (secondary N) is 1. The molecule has 2 nitrogen and oxygen atoms in total. The zero-order valence-corrected chi connectivity index (χ0v) is 5.40. The van der Waals surface area contributed by atoms with Gasteiger partial charge in [-0.2, -0.15) is 0 Å². The van der Waals surface area contributed by atoms with Crippen molar-refractivity contribution in [2.24, 2.45) is 0 Å². The summed E-state index contributed by atoms with van der Waals surface area (Å²) < 4.78 is 16.6. The first-order valence-corrected chi connectivity index (χ1v) is 3.32. The lowest BCUT2D eigenvalue weighted by Gasteiger charge is -2.06. The summed E-state index contributed by atoms with van der Waals surface area (Å²) in [7, 11) is 0. The molecule has 0 saturated carbocycles. The summed E-state index contributed by atoms with van der Waals surface area (Å²) in [5.74, 6) is 0. The molecule has 1 rings (SSSR count). The van der Waals surface area contributed by atoms with Gasteiger partial charge in [0.2, 0.25) is 0 Å². The van der Waals surface area contributed by atoms with Gasteiger partial charge in [-0.25, -0.2) is 4.39 Å². The second-order valence-electron chi connectivity index (χ2n) is 2.17. The molecule has 0 radical (unpaired) electrons. The molecule has 1 unspecified atom stereocenters. The van der Waals surface area contributed by atoms with Crippen LogP contribution in [0.15, 0.2) is 0 Å². The molecule has 0 aromatic heterocycles. The van der Waals surface area contributed by atoms with Crippen molar-refractivity contribution in [1.82, 2.24) is 5.32 Å². The Balaban J connectivity index is 1.98. The van der Waals surface area contributed by atoms with E-state index in [1.165, 1.54) is 0 Å². The van der Waals surface area contributed by atoms with Crippen LogP contribution >= 0.6 is 0 Å². The molecule has 1 saturated heterocycles. The molecule has 1 fully saturated rings. The minimum Gasteiger partial charge on any atom is -0.374 e. The van der Waals surface area contributed by atoms with Gasteiger partial charge in [0, 0.05) is 6.54 Å². The van der Waals surface area contributed by atoms with E-state index in [1.807, 2.05) is 0 Å². The summed E-state index contributed by atoms with van der Waals surface area (Å²) in [6.07, 6.45) is 1.29. The molecular weight excluding hydrogens is 121 g/mol. The third kappa shape index (κ3) is 2.28. The summed E-state index contributed by atoms with van der Waals surface area (Å²) >= 11 is 0. The number of alkyl halides is 1. The van der Waals surface area contributed by atoms with Gasteiger partial charge < -0.3 is 10.1 Å². The molecule has 1 N–H and O–H groups in total. The minimum atomic E-state index is -0.365. The summed E-state index contributed by atoms with van der Waals surface area (Å²) in [6.45, 7) is 1.79. The molecule has 0 amide bonds. The van der Waals surface area contributed by atoms with Crippen LogP contribution < -0.4 is 5.32 Å². The van der Waals surface area contributed by atoms with Crippen LogP contribution in [0.3, 0.4) is 0 Å². The van der Waals surface area contributed by atoms with Crippen LogP contribution in [0.1, 0.15) is 6.42 Å². The Morgan fingerprint density at radius 2 is 2.56 bits per heavy atom. The zero-order chi connectivity index (χ0) is 6.53. The largest absolute Gasteiger partial charge is 0.374 e. The smallest absolute Gasteiger partial charge is 0.113 e. The zero-order valence-electron chi connectivity index (χ0n) is 5.40. The third-order valence-corrected chi connectivity index (χ3v) is 1.45. The number of halogens is 1. The van der Waals surface area contributed by atoms with Gasteiger partial charge in [-0.15, -0.1) is 0 Å². The van der Waals surface area contributed by atoms with Crippen molar-refractivity contribution in [3.05, 3.63) is 0 Å². The first-order chi connectivity index (χ1) is 4.43. The number of ether oxygens (including phenoxy) is 1. The average Bonchev–Trinajstić information content (AvgIpc) is 2.34. The second kappa shape index (κ2) is 3.80. The Morgan fingerprint density at radius 3 is 3.11 bits per heavy atom. The highest BCUT2D eigenvalue weighted by Crippen LogP contribution is 2.01. The Labute approximate surface area is 54.4 Å². The molecule has 1 atom stereocenters. The van der Waals surface area contributed by atoms with Gasteiger partial charge in [0.1, 0.15) is 6.67 Å². The number of hydrogen-bond donors (Lipinski definition) is 1. The van der Waals surface area contributed by atoms with Crippen LogP contribution in [0.25, 0.3) is 0 Å². The van der Waals surface area contributed by atoms with E-state index in [9.17, 15) is 4.39 Å². The monoisotopic (exact) mass is 133 g/mol. The van der Waals surface area contributed by atoms with Crippen LogP contribution in [0.5, 0.6) is 0 Å². The van der Waals surface area contributed by atoms with Crippen LogP contribution in [0, 0.1) is 0 Å². The van der Waals surface area contributed by atoms with Gasteiger partial charge in [-0.3, -0.25) is 0 Å². The molecular formula is C6H12FNO. The Bertz CT molecular complexity index is 73.5. The van der Waals surface area contributed by atoms with Crippen molar-refractivity contribution in [3.63, 3.8) is 0 Å². The van der Waals surface area contributed by atoms with Crippen molar-refractivity contribution < 1.29 is 9.13 Å². The molecule has 0 aliphatic carbocycles. The van der Waals surface area contributed by atoms with Crippen molar-refractivity contribution in [1.29, 1.82) is 0 Å². The quantitative estimate of drug-likeness (QED) is 0.599. The molecule has 3 heteroatoms. The summed E-state index contributed by atoms with van der Waals surface area (Å²) in [5.41, 5.74) is 0. The molecule has 1 aliphatic rings. The van der Waals surface area contributed by atoms with Crippen molar-refractivity contribution in [3.8, 4) is 0 Å². The van der Waals surface area contributed by atoms with E-state index in [1.54, 1.807) is 0 Å². The van der Waals surface area contributed by atoms with Gasteiger partial charge in [0.25, 0.3) is 0 Å². The first kappa shape index (κ1) is 6.96. The predicted molar refractivity (Wildman–Crippen MR) is 33.2 cm³/mol. The molecule has 0 spiro atoms. The average molecular weight is 133 g/mol. The minimum absolute atomic E-state index is 0.256. The Kier molecular flexibility index (Phi) is 2.94. The van der Waals surface area contributed by atoms with Crippen molar-refractivity contribution in [2.45, 2.75) is 12.5 Å². The molecule has 54 valence electrons. The second-order valence-corrected chi connectivity index (χ2v) is 2.17. The van der Waals surface area contributed by atoms with Gasteiger partial charge in [-0.1, -0.05) is 0 Å². The molecule has 0 aromatic rings. The van der Waals surface area contributed by atoms with E-state index in [-0.39, 0.29) is 19.4 Å². The van der Waals surface area contributed by atoms with E-state index in [4.69, 9.17) is 4.74 Å². The Hall–Kier alpha value is -0.150. The van der Waals surface area contributed by atoms with Gasteiger partial charge in [-0.05, 0) is 13.0 Å². The summed E-state index contributed by atoms with van der Waals surface area (Å²) in [6, 6.07) is 0. The first-order valence-electron chi connectivity index (χ1n) is 3.32. The maximum Gasteiger partial charge on any atom is 0.113 e. The number of rotatable bonds is 3. The lowest BCUT2D eigenvalue weighted by molar-refractivity contribution is 0.0573.